The van der Waals surface area contributed by atoms with Gasteiger partial charge in [-0.25, -0.2) is 4.98 Å². The molecule has 0 aliphatic carbocycles. The molecule has 0 radical (unpaired) electrons. The predicted octanol–water partition coefficient (Wildman–Crippen LogP) is 3.35. The third kappa shape index (κ3) is 2.27. The maximum Gasteiger partial charge on any atom is 0.135 e. The van der Waals surface area contributed by atoms with E-state index in [9.17, 15) is 5.11 Å². The number of pyridine rings is 1. The molecule has 3 heteroatoms. The van der Waals surface area contributed by atoms with Gasteiger partial charge in [0.1, 0.15) is 5.82 Å². The van der Waals surface area contributed by atoms with E-state index in [1.165, 1.54) is 12.8 Å². The van der Waals surface area contributed by atoms with E-state index in [4.69, 9.17) is 4.98 Å². The zero-order valence-corrected chi connectivity index (χ0v) is 12.2. The first kappa shape index (κ1) is 13.4. The number of rotatable bonds is 3. The molecule has 1 saturated heterocycles. The van der Waals surface area contributed by atoms with E-state index in [-0.39, 0.29) is 6.61 Å². The first-order valence-electron chi connectivity index (χ1n) is 7.47. The van der Waals surface area contributed by atoms with Crippen molar-refractivity contribution in [3.8, 4) is 0 Å². The molecule has 1 fully saturated rings. The number of nitrogens with zero attached hydrogens (tertiary/aromatic N) is 2. The van der Waals surface area contributed by atoms with Crippen LogP contribution in [0.5, 0.6) is 0 Å². The third-order valence-corrected chi connectivity index (χ3v) is 4.29. The minimum atomic E-state index is 0.0501. The Morgan fingerprint density at radius 2 is 2.15 bits per heavy atom. The lowest BCUT2D eigenvalue weighted by molar-refractivity contribution is 0.281. The average Bonchev–Trinajstić information content (AvgIpc) is 2.95. The summed E-state index contributed by atoms with van der Waals surface area (Å²) >= 11 is 0. The molecule has 1 unspecified atom stereocenters. The van der Waals surface area contributed by atoms with Crippen LogP contribution in [0, 0.1) is 5.92 Å². The number of aliphatic hydroxyl groups is 1. The van der Waals surface area contributed by atoms with Gasteiger partial charge in [0.05, 0.1) is 12.1 Å². The van der Waals surface area contributed by atoms with Crippen LogP contribution in [0.3, 0.4) is 0 Å². The van der Waals surface area contributed by atoms with Crippen LogP contribution in [0.1, 0.15) is 32.3 Å². The second kappa shape index (κ2) is 5.41. The lowest BCUT2D eigenvalue weighted by Crippen LogP contribution is -2.34. The summed E-state index contributed by atoms with van der Waals surface area (Å²) in [6, 6.07) is 10.7. The summed E-state index contributed by atoms with van der Waals surface area (Å²) in [6.07, 6.45) is 2.43. The van der Waals surface area contributed by atoms with Crippen molar-refractivity contribution in [3.05, 3.63) is 35.9 Å². The highest BCUT2D eigenvalue weighted by Crippen LogP contribution is 2.32. The third-order valence-electron chi connectivity index (χ3n) is 4.29. The number of hydrogen-bond acceptors (Lipinski definition) is 3. The largest absolute Gasteiger partial charge is 0.392 e. The Morgan fingerprint density at radius 1 is 1.35 bits per heavy atom. The van der Waals surface area contributed by atoms with Crippen molar-refractivity contribution in [1.29, 1.82) is 0 Å². The van der Waals surface area contributed by atoms with Crippen LogP contribution in [-0.2, 0) is 6.61 Å². The minimum Gasteiger partial charge on any atom is -0.392 e. The number of aliphatic hydroxyl groups excluding tert-OH is 1. The molecule has 1 aromatic carbocycles. The van der Waals surface area contributed by atoms with Gasteiger partial charge < -0.3 is 10.0 Å². The first-order valence-corrected chi connectivity index (χ1v) is 7.47. The van der Waals surface area contributed by atoms with Crippen molar-refractivity contribution < 1.29 is 5.11 Å². The van der Waals surface area contributed by atoms with Crippen LogP contribution in [0.25, 0.3) is 10.9 Å². The molecule has 3 nitrogen and oxygen atoms in total. The fraction of sp³-hybridized carbons (Fsp3) is 0.471. The lowest BCUT2D eigenvalue weighted by Gasteiger charge is -2.30. The van der Waals surface area contributed by atoms with Crippen molar-refractivity contribution in [2.45, 2.75) is 39.3 Å². The summed E-state index contributed by atoms with van der Waals surface area (Å²) < 4.78 is 0. The minimum absolute atomic E-state index is 0.0501. The van der Waals surface area contributed by atoms with Crippen molar-refractivity contribution >= 4 is 16.7 Å². The molecule has 0 spiro atoms. The van der Waals surface area contributed by atoms with Gasteiger partial charge in [-0.1, -0.05) is 32.0 Å². The van der Waals surface area contributed by atoms with E-state index in [2.05, 4.69) is 30.9 Å². The Balaban J connectivity index is 2.09. The molecule has 2 heterocycles. The number of benzene rings is 1. The molecule has 106 valence electrons. The average molecular weight is 270 g/mol. The molecule has 3 rings (SSSR count). The fourth-order valence-electron chi connectivity index (χ4n) is 3.26. The highest BCUT2D eigenvalue weighted by Gasteiger charge is 2.29. The van der Waals surface area contributed by atoms with Crippen LogP contribution < -0.4 is 4.90 Å². The summed E-state index contributed by atoms with van der Waals surface area (Å²) in [5, 5.41) is 10.8. The Morgan fingerprint density at radius 3 is 2.90 bits per heavy atom. The van der Waals surface area contributed by atoms with Crippen molar-refractivity contribution in [1.82, 2.24) is 4.98 Å². The predicted molar refractivity (Wildman–Crippen MR) is 82.9 cm³/mol. The molecule has 1 N–H and O–H groups in total. The molecule has 0 amide bonds. The second-order valence-corrected chi connectivity index (χ2v) is 5.97. The van der Waals surface area contributed by atoms with Crippen molar-refractivity contribution in [2.75, 3.05) is 11.4 Å². The molecule has 2 aromatic rings. The normalized spacial score (nSPS) is 19.2. The van der Waals surface area contributed by atoms with Crippen LogP contribution in [0.15, 0.2) is 30.3 Å². The molecule has 0 saturated carbocycles. The molecular weight excluding hydrogens is 248 g/mol. The van der Waals surface area contributed by atoms with E-state index in [1.807, 2.05) is 18.2 Å². The van der Waals surface area contributed by atoms with Gasteiger partial charge in [-0.2, -0.15) is 0 Å². The molecule has 1 aliphatic rings. The monoisotopic (exact) mass is 270 g/mol. The van der Waals surface area contributed by atoms with Gasteiger partial charge in [0.25, 0.3) is 0 Å². The summed E-state index contributed by atoms with van der Waals surface area (Å²) in [6.45, 7) is 5.63. The van der Waals surface area contributed by atoms with Crippen LogP contribution in [0.4, 0.5) is 5.82 Å². The van der Waals surface area contributed by atoms with E-state index in [1.54, 1.807) is 0 Å². The van der Waals surface area contributed by atoms with Gasteiger partial charge in [-0.15, -0.1) is 0 Å². The highest BCUT2D eigenvalue weighted by molar-refractivity contribution is 5.81. The lowest BCUT2D eigenvalue weighted by atomic mass is 10.0. The standard InChI is InChI=1S/C17H22N2O/c1-12(2)16-8-5-9-19(16)17-14(11-20)10-13-6-3-4-7-15(13)18-17/h3-4,6-7,10,12,16,20H,5,8-9,11H2,1-2H3. The fourth-order valence-corrected chi connectivity index (χ4v) is 3.26. The molecule has 20 heavy (non-hydrogen) atoms. The Labute approximate surface area is 120 Å². The zero-order chi connectivity index (χ0) is 14.1. The number of hydrogen-bond donors (Lipinski definition) is 1. The van der Waals surface area contributed by atoms with Crippen molar-refractivity contribution in [2.24, 2.45) is 5.92 Å². The Bertz CT molecular complexity index is 609. The van der Waals surface area contributed by atoms with Gasteiger partial charge >= 0.3 is 0 Å². The summed E-state index contributed by atoms with van der Waals surface area (Å²) in [7, 11) is 0. The Kier molecular flexibility index (Phi) is 3.62. The summed E-state index contributed by atoms with van der Waals surface area (Å²) in [5.41, 5.74) is 1.95. The van der Waals surface area contributed by atoms with E-state index in [0.29, 0.717) is 12.0 Å². The Hall–Kier alpha value is -1.61. The number of anilines is 1. The van der Waals surface area contributed by atoms with Gasteiger partial charge in [0, 0.05) is 23.5 Å². The van der Waals surface area contributed by atoms with Crippen molar-refractivity contribution in [3.63, 3.8) is 0 Å². The maximum absolute atomic E-state index is 9.70. The highest BCUT2D eigenvalue weighted by atomic mass is 16.3. The molecule has 0 bridgehead atoms. The molecule has 1 aliphatic heterocycles. The number of para-hydroxylation sites is 1. The SMILES string of the molecule is CC(C)C1CCCN1c1nc2ccccc2cc1CO. The van der Waals surface area contributed by atoms with Crippen LogP contribution >= 0.6 is 0 Å². The molecule has 1 atom stereocenters. The number of aromatic nitrogens is 1. The maximum atomic E-state index is 9.70. The van der Waals surface area contributed by atoms with Gasteiger partial charge in [0.2, 0.25) is 0 Å². The topological polar surface area (TPSA) is 36.4 Å². The van der Waals surface area contributed by atoms with E-state index >= 15 is 0 Å². The van der Waals surface area contributed by atoms with Gasteiger partial charge in [-0.05, 0) is 30.9 Å². The van der Waals surface area contributed by atoms with Crippen LogP contribution in [-0.4, -0.2) is 22.7 Å². The van der Waals surface area contributed by atoms with Crippen LogP contribution in [0.2, 0.25) is 0 Å². The van der Waals surface area contributed by atoms with E-state index < -0.39 is 0 Å². The van der Waals surface area contributed by atoms with E-state index in [0.717, 1.165) is 28.8 Å². The summed E-state index contributed by atoms with van der Waals surface area (Å²) in [4.78, 5) is 7.22. The summed E-state index contributed by atoms with van der Waals surface area (Å²) in [5.74, 6) is 1.58. The first-order chi connectivity index (χ1) is 9.70. The smallest absolute Gasteiger partial charge is 0.135 e. The molecule has 1 aromatic heterocycles. The van der Waals surface area contributed by atoms with Gasteiger partial charge in [-0.3, -0.25) is 0 Å². The zero-order valence-electron chi connectivity index (χ0n) is 12.2. The number of fused-ring (bicyclic) bond motifs is 1. The second-order valence-electron chi connectivity index (χ2n) is 5.97. The molecular formula is C17H22N2O. The quantitative estimate of drug-likeness (QED) is 0.929. The van der Waals surface area contributed by atoms with Gasteiger partial charge in [0.15, 0.2) is 0 Å².